The van der Waals surface area contributed by atoms with Crippen LogP contribution in [0.1, 0.15) is 24.8 Å². The third-order valence-electron chi connectivity index (χ3n) is 4.90. The summed E-state index contributed by atoms with van der Waals surface area (Å²) in [4.78, 5) is 11.6. The maximum atomic E-state index is 13.2. The lowest BCUT2D eigenvalue weighted by atomic mass is 9.81. The first-order valence-electron chi connectivity index (χ1n) is 7.29. The molecule has 0 spiro atoms. The molecule has 3 rings (SSSR count). The lowest BCUT2D eigenvalue weighted by Crippen LogP contribution is -2.37. The monoisotopic (exact) mass is 327 g/mol. The molecule has 1 saturated heterocycles. The molecular weight excluding hydrogens is 309 g/mol. The van der Waals surface area contributed by atoms with Crippen molar-refractivity contribution in [3.63, 3.8) is 0 Å². The van der Waals surface area contributed by atoms with Gasteiger partial charge in [0.1, 0.15) is 5.82 Å². The van der Waals surface area contributed by atoms with Crippen LogP contribution in [0.5, 0.6) is 0 Å². The molecule has 1 heterocycles. The van der Waals surface area contributed by atoms with Crippen LogP contribution in [-0.4, -0.2) is 36.9 Å². The quantitative estimate of drug-likeness (QED) is 0.916. The van der Waals surface area contributed by atoms with Crippen LogP contribution < -0.4 is 0 Å². The Hall–Kier alpha value is -1.47. The van der Waals surface area contributed by atoms with Gasteiger partial charge in [-0.15, -0.1) is 0 Å². The Morgan fingerprint density at radius 2 is 2.23 bits per heavy atom. The average Bonchev–Trinajstić information content (AvgIpc) is 2.95. The van der Waals surface area contributed by atoms with Gasteiger partial charge in [-0.2, -0.15) is 0 Å². The minimum atomic E-state index is -3.64. The third-order valence-corrected chi connectivity index (χ3v) is 6.66. The van der Waals surface area contributed by atoms with Gasteiger partial charge in [-0.05, 0) is 36.5 Å². The number of carboxylic acids is 1. The van der Waals surface area contributed by atoms with E-state index in [1.165, 1.54) is 22.5 Å². The first-order chi connectivity index (χ1) is 10.3. The van der Waals surface area contributed by atoms with Crippen molar-refractivity contribution in [2.24, 2.45) is 11.3 Å². The van der Waals surface area contributed by atoms with Crippen molar-refractivity contribution in [2.75, 3.05) is 13.1 Å². The number of halogens is 1. The van der Waals surface area contributed by atoms with Crippen LogP contribution >= 0.6 is 0 Å². The van der Waals surface area contributed by atoms with E-state index in [-0.39, 0.29) is 24.8 Å². The SMILES string of the molecule is O=C(O)[C@@]12CCC[C@H]1CN(S(=O)(=O)Cc1cccc(F)c1)C2. The Morgan fingerprint density at radius 1 is 1.45 bits per heavy atom. The summed E-state index contributed by atoms with van der Waals surface area (Å²) >= 11 is 0. The molecule has 0 unspecified atom stereocenters. The average molecular weight is 327 g/mol. The second-order valence-electron chi connectivity index (χ2n) is 6.23. The number of hydrogen-bond acceptors (Lipinski definition) is 3. The molecule has 22 heavy (non-hydrogen) atoms. The molecule has 0 bridgehead atoms. The van der Waals surface area contributed by atoms with Crippen LogP contribution in [-0.2, 0) is 20.6 Å². The molecule has 1 aliphatic carbocycles. The number of aliphatic carboxylic acids is 1. The second-order valence-corrected chi connectivity index (χ2v) is 8.20. The normalized spacial score (nSPS) is 28.7. The number of carbonyl (C=O) groups is 1. The molecule has 1 aliphatic heterocycles. The van der Waals surface area contributed by atoms with Crippen molar-refractivity contribution in [1.29, 1.82) is 0 Å². The molecule has 0 aromatic heterocycles. The van der Waals surface area contributed by atoms with Gasteiger partial charge in [-0.1, -0.05) is 18.6 Å². The summed E-state index contributed by atoms with van der Waals surface area (Å²) in [6, 6.07) is 5.49. The van der Waals surface area contributed by atoms with Crippen molar-refractivity contribution >= 4 is 16.0 Å². The van der Waals surface area contributed by atoms with Gasteiger partial charge in [0, 0.05) is 13.1 Å². The van der Waals surface area contributed by atoms with Crippen LogP contribution in [0, 0.1) is 17.2 Å². The summed E-state index contributed by atoms with van der Waals surface area (Å²) in [6.07, 6.45) is 2.10. The Bertz CT molecular complexity index is 705. The predicted molar refractivity (Wildman–Crippen MR) is 78.0 cm³/mol. The largest absolute Gasteiger partial charge is 0.481 e. The fourth-order valence-corrected chi connectivity index (χ4v) is 5.35. The van der Waals surface area contributed by atoms with Gasteiger partial charge < -0.3 is 5.11 Å². The third kappa shape index (κ3) is 2.52. The zero-order valence-electron chi connectivity index (χ0n) is 12.0. The molecule has 1 aromatic carbocycles. The summed E-state index contributed by atoms with van der Waals surface area (Å²) in [5.41, 5.74) is -0.559. The zero-order chi connectivity index (χ0) is 16.0. The molecule has 1 N–H and O–H groups in total. The first-order valence-corrected chi connectivity index (χ1v) is 8.90. The Labute approximate surface area is 128 Å². The maximum Gasteiger partial charge on any atom is 0.311 e. The van der Waals surface area contributed by atoms with E-state index >= 15 is 0 Å². The molecule has 5 nitrogen and oxygen atoms in total. The van der Waals surface area contributed by atoms with E-state index in [1.54, 1.807) is 6.07 Å². The van der Waals surface area contributed by atoms with E-state index in [4.69, 9.17) is 0 Å². The summed E-state index contributed by atoms with van der Waals surface area (Å²) in [7, 11) is -3.64. The van der Waals surface area contributed by atoms with Gasteiger partial charge in [-0.3, -0.25) is 4.79 Å². The summed E-state index contributed by atoms with van der Waals surface area (Å²) < 4.78 is 39.5. The van der Waals surface area contributed by atoms with Gasteiger partial charge in [0.05, 0.1) is 11.2 Å². The number of carboxylic acid groups (broad SMARTS) is 1. The fourth-order valence-electron chi connectivity index (χ4n) is 3.73. The molecule has 1 saturated carbocycles. The zero-order valence-corrected chi connectivity index (χ0v) is 12.9. The van der Waals surface area contributed by atoms with Crippen LogP contribution in [0.15, 0.2) is 24.3 Å². The second kappa shape index (κ2) is 5.31. The smallest absolute Gasteiger partial charge is 0.311 e. The van der Waals surface area contributed by atoms with Crippen LogP contribution in [0.2, 0.25) is 0 Å². The van der Waals surface area contributed by atoms with Crippen molar-refractivity contribution in [1.82, 2.24) is 4.31 Å². The van der Waals surface area contributed by atoms with E-state index in [0.717, 1.165) is 12.8 Å². The minimum Gasteiger partial charge on any atom is -0.481 e. The van der Waals surface area contributed by atoms with E-state index in [2.05, 4.69) is 0 Å². The van der Waals surface area contributed by atoms with Gasteiger partial charge in [0.15, 0.2) is 0 Å². The van der Waals surface area contributed by atoms with Crippen LogP contribution in [0.25, 0.3) is 0 Å². The molecule has 2 aliphatic rings. The van der Waals surface area contributed by atoms with Crippen molar-refractivity contribution in [2.45, 2.75) is 25.0 Å². The first kappa shape index (κ1) is 15.4. The molecule has 120 valence electrons. The maximum absolute atomic E-state index is 13.2. The highest BCUT2D eigenvalue weighted by molar-refractivity contribution is 7.88. The van der Waals surface area contributed by atoms with Crippen molar-refractivity contribution in [3.8, 4) is 0 Å². The van der Waals surface area contributed by atoms with Crippen LogP contribution in [0.4, 0.5) is 4.39 Å². The molecule has 1 aromatic rings. The Morgan fingerprint density at radius 3 is 2.86 bits per heavy atom. The number of fused-ring (bicyclic) bond motifs is 1. The summed E-state index contributed by atoms with van der Waals surface area (Å²) in [6.45, 7) is 0.286. The van der Waals surface area contributed by atoms with Gasteiger partial charge in [0.2, 0.25) is 10.0 Å². The highest BCUT2D eigenvalue weighted by Gasteiger charge is 2.56. The van der Waals surface area contributed by atoms with Gasteiger partial charge >= 0.3 is 5.97 Å². The molecule has 2 fully saturated rings. The molecule has 0 amide bonds. The molecule has 7 heteroatoms. The number of nitrogens with zero attached hydrogens (tertiary/aromatic N) is 1. The lowest BCUT2D eigenvalue weighted by Gasteiger charge is -2.23. The number of hydrogen-bond donors (Lipinski definition) is 1. The molecular formula is C15H18FNO4S. The summed E-state index contributed by atoms with van der Waals surface area (Å²) in [5, 5.41) is 9.51. The van der Waals surface area contributed by atoms with E-state index in [9.17, 15) is 22.7 Å². The summed E-state index contributed by atoms with van der Waals surface area (Å²) in [5.74, 6) is -1.80. The molecule has 2 atom stereocenters. The Balaban J connectivity index is 1.81. The molecule has 0 radical (unpaired) electrons. The van der Waals surface area contributed by atoms with Crippen molar-refractivity contribution < 1.29 is 22.7 Å². The minimum absolute atomic E-state index is 0.0324. The standard InChI is InChI=1S/C15H18FNO4S/c16-13-5-1-3-11(7-13)9-22(20,21)17-8-12-4-2-6-15(12,10-17)14(18)19/h1,3,5,7,12H,2,4,6,8-10H2,(H,18,19)/t12-,15+/m0/s1. The van der Waals surface area contributed by atoms with E-state index in [0.29, 0.717) is 12.0 Å². The van der Waals surface area contributed by atoms with E-state index < -0.39 is 27.2 Å². The van der Waals surface area contributed by atoms with Crippen molar-refractivity contribution in [3.05, 3.63) is 35.6 Å². The predicted octanol–water partition coefficient (Wildman–Crippen LogP) is 1.84. The topological polar surface area (TPSA) is 74.7 Å². The fraction of sp³-hybridized carbons (Fsp3) is 0.533. The highest BCUT2D eigenvalue weighted by Crippen LogP contribution is 2.49. The van der Waals surface area contributed by atoms with Gasteiger partial charge in [-0.25, -0.2) is 17.1 Å². The van der Waals surface area contributed by atoms with Gasteiger partial charge in [0.25, 0.3) is 0 Å². The number of rotatable bonds is 4. The number of benzene rings is 1. The lowest BCUT2D eigenvalue weighted by molar-refractivity contribution is -0.149. The number of sulfonamides is 1. The van der Waals surface area contributed by atoms with Crippen LogP contribution in [0.3, 0.4) is 0 Å². The highest BCUT2D eigenvalue weighted by atomic mass is 32.2. The Kier molecular flexibility index (Phi) is 3.72. The van der Waals surface area contributed by atoms with E-state index in [1.807, 2.05) is 0 Å².